The maximum atomic E-state index is 13.0. The van der Waals surface area contributed by atoms with E-state index in [1.807, 2.05) is 25.1 Å². The molecule has 0 N–H and O–H groups in total. The Kier molecular flexibility index (Phi) is 4.63. The molecule has 3 aromatic rings. The number of aryl methyl sites for hydroxylation is 1. The summed E-state index contributed by atoms with van der Waals surface area (Å²) < 4.78 is 1.58. The van der Waals surface area contributed by atoms with Crippen molar-refractivity contribution in [3.63, 3.8) is 0 Å². The Labute approximate surface area is 166 Å². The zero-order valence-corrected chi connectivity index (χ0v) is 15.9. The summed E-state index contributed by atoms with van der Waals surface area (Å²) in [5.41, 5.74) is 3.03. The highest BCUT2D eigenvalue weighted by atomic mass is 16.2. The number of rotatable bonds is 3. The Morgan fingerprint density at radius 1 is 1.07 bits per heavy atom. The second-order valence-corrected chi connectivity index (χ2v) is 6.77. The maximum Gasteiger partial charge on any atom is 0.275 e. The fourth-order valence-corrected chi connectivity index (χ4v) is 3.00. The number of amides is 3. The van der Waals surface area contributed by atoms with Crippen LogP contribution in [0.1, 0.15) is 16.1 Å². The molecular formula is C20H18N6O3. The van der Waals surface area contributed by atoms with Gasteiger partial charge in [-0.2, -0.15) is 5.10 Å². The molecule has 0 bridgehead atoms. The van der Waals surface area contributed by atoms with Gasteiger partial charge in [0.1, 0.15) is 13.1 Å². The molecule has 0 aliphatic carbocycles. The maximum absolute atomic E-state index is 13.0. The third-order valence-corrected chi connectivity index (χ3v) is 4.68. The zero-order valence-electron chi connectivity index (χ0n) is 15.9. The molecule has 1 aliphatic heterocycles. The van der Waals surface area contributed by atoms with Crippen molar-refractivity contribution in [3.05, 3.63) is 60.2 Å². The van der Waals surface area contributed by atoms with E-state index >= 15 is 0 Å². The molecule has 9 nitrogen and oxygen atoms in total. The summed E-state index contributed by atoms with van der Waals surface area (Å²) in [5.74, 6) is -1.35. The lowest BCUT2D eigenvalue weighted by molar-refractivity contribution is -0.148. The van der Waals surface area contributed by atoms with Gasteiger partial charge in [0.15, 0.2) is 5.69 Å². The SMILES string of the molecule is Cc1ccc(-c2cc(C(=O)N3CC(=O)N(C)C(=O)C3)nn2-c2cccnc2)nc1. The number of carbonyl (C=O) groups excluding carboxylic acids is 3. The van der Waals surface area contributed by atoms with Gasteiger partial charge in [-0.1, -0.05) is 6.07 Å². The van der Waals surface area contributed by atoms with Crippen LogP contribution in [0.4, 0.5) is 0 Å². The van der Waals surface area contributed by atoms with Crippen molar-refractivity contribution in [1.82, 2.24) is 29.5 Å². The molecule has 4 rings (SSSR count). The molecule has 29 heavy (non-hydrogen) atoms. The topological polar surface area (TPSA) is 101 Å². The third-order valence-electron chi connectivity index (χ3n) is 4.68. The first-order valence-corrected chi connectivity index (χ1v) is 8.96. The summed E-state index contributed by atoms with van der Waals surface area (Å²) in [7, 11) is 1.41. The molecule has 1 aliphatic rings. The molecule has 1 fully saturated rings. The lowest BCUT2D eigenvalue weighted by atomic mass is 10.2. The van der Waals surface area contributed by atoms with Gasteiger partial charge in [0.2, 0.25) is 11.8 Å². The van der Waals surface area contributed by atoms with Gasteiger partial charge in [-0.15, -0.1) is 0 Å². The van der Waals surface area contributed by atoms with Gasteiger partial charge in [0.05, 0.1) is 23.3 Å². The minimum atomic E-state index is -0.490. The average Bonchev–Trinajstić information content (AvgIpc) is 3.17. The molecule has 146 valence electrons. The Bertz CT molecular complexity index is 1070. The Morgan fingerprint density at radius 2 is 1.83 bits per heavy atom. The minimum absolute atomic E-state index is 0.122. The first-order valence-electron chi connectivity index (χ1n) is 8.96. The molecule has 0 saturated carbocycles. The zero-order chi connectivity index (χ0) is 20.5. The number of piperazine rings is 1. The second-order valence-electron chi connectivity index (χ2n) is 6.77. The van der Waals surface area contributed by atoms with Crippen molar-refractivity contribution in [2.75, 3.05) is 20.1 Å². The third kappa shape index (κ3) is 3.49. The van der Waals surface area contributed by atoms with Gasteiger partial charge in [-0.05, 0) is 36.8 Å². The van der Waals surface area contributed by atoms with Crippen LogP contribution < -0.4 is 0 Å². The van der Waals surface area contributed by atoms with Crippen LogP contribution in [-0.2, 0) is 9.59 Å². The molecule has 3 aromatic heterocycles. The van der Waals surface area contributed by atoms with E-state index in [9.17, 15) is 14.4 Å². The summed E-state index contributed by atoms with van der Waals surface area (Å²) >= 11 is 0. The van der Waals surface area contributed by atoms with Gasteiger partial charge >= 0.3 is 0 Å². The molecule has 3 amide bonds. The molecule has 9 heteroatoms. The summed E-state index contributed by atoms with van der Waals surface area (Å²) in [6, 6.07) is 8.95. The first kappa shape index (κ1) is 18.5. The molecule has 1 saturated heterocycles. The lowest BCUT2D eigenvalue weighted by Crippen LogP contribution is -2.54. The van der Waals surface area contributed by atoms with Gasteiger partial charge in [-0.3, -0.25) is 29.3 Å². The number of hydrogen-bond donors (Lipinski definition) is 0. The molecule has 4 heterocycles. The Balaban J connectivity index is 1.75. The van der Waals surface area contributed by atoms with E-state index < -0.39 is 17.7 Å². The van der Waals surface area contributed by atoms with E-state index in [0.29, 0.717) is 17.1 Å². The predicted octanol–water partition coefficient (Wildman–Crippen LogP) is 1.08. The van der Waals surface area contributed by atoms with Crippen molar-refractivity contribution in [2.24, 2.45) is 0 Å². The van der Waals surface area contributed by atoms with Gasteiger partial charge in [-0.25, -0.2) is 4.68 Å². The number of pyridine rings is 2. The van der Waals surface area contributed by atoms with Crippen LogP contribution in [0, 0.1) is 6.92 Å². The van der Waals surface area contributed by atoms with E-state index in [-0.39, 0.29) is 18.8 Å². The quantitative estimate of drug-likeness (QED) is 0.620. The predicted molar refractivity (Wildman–Crippen MR) is 103 cm³/mol. The van der Waals surface area contributed by atoms with Crippen molar-refractivity contribution in [3.8, 4) is 17.1 Å². The van der Waals surface area contributed by atoms with Crippen molar-refractivity contribution >= 4 is 17.7 Å². The van der Waals surface area contributed by atoms with E-state index in [0.717, 1.165) is 10.5 Å². The number of imide groups is 1. The first-order chi connectivity index (χ1) is 13.9. The number of hydrogen-bond acceptors (Lipinski definition) is 6. The molecule has 0 unspecified atom stereocenters. The minimum Gasteiger partial charge on any atom is -0.319 e. The summed E-state index contributed by atoms with van der Waals surface area (Å²) in [6.07, 6.45) is 5.00. The summed E-state index contributed by atoms with van der Waals surface area (Å²) in [6.45, 7) is 1.60. The van der Waals surface area contributed by atoms with Crippen LogP contribution in [0.2, 0.25) is 0 Å². The highest BCUT2D eigenvalue weighted by Crippen LogP contribution is 2.23. The number of nitrogens with zero attached hydrogens (tertiary/aromatic N) is 6. The van der Waals surface area contributed by atoms with Gasteiger partial charge in [0, 0.05) is 19.4 Å². The van der Waals surface area contributed by atoms with E-state index in [4.69, 9.17) is 0 Å². The summed E-state index contributed by atoms with van der Waals surface area (Å²) in [4.78, 5) is 47.7. The molecule has 0 atom stereocenters. The van der Waals surface area contributed by atoms with Crippen LogP contribution in [0.3, 0.4) is 0 Å². The molecule has 0 aromatic carbocycles. The van der Waals surface area contributed by atoms with Crippen LogP contribution in [-0.4, -0.2) is 67.4 Å². The van der Waals surface area contributed by atoms with Crippen LogP contribution in [0.5, 0.6) is 0 Å². The highest BCUT2D eigenvalue weighted by Gasteiger charge is 2.33. The van der Waals surface area contributed by atoms with Crippen LogP contribution >= 0.6 is 0 Å². The Hall–Kier alpha value is -3.88. The van der Waals surface area contributed by atoms with Gasteiger partial charge < -0.3 is 4.90 Å². The second kappa shape index (κ2) is 7.27. The van der Waals surface area contributed by atoms with Crippen molar-refractivity contribution in [2.45, 2.75) is 6.92 Å². The van der Waals surface area contributed by atoms with Crippen molar-refractivity contribution < 1.29 is 14.4 Å². The summed E-state index contributed by atoms with van der Waals surface area (Å²) in [5, 5.41) is 4.43. The Morgan fingerprint density at radius 3 is 2.45 bits per heavy atom. The van der Waals surface area contributed by atoms with Gasteiger partial charge in [0.25, 0.3) is 5.91 Å². The fraction of sp³-hybridized carbons (Fsp3) is 0.200. The molecule has 0 spiro atoms. The lowest BCUT2D eigenvalue weighted by Gasteiger charge is -2.29. The van der Waals surface area contributed by atoms with E-state index in [1.165, 1.54) is 11.9 Å². The van der Waals surface area contributed by atoms with Crippen molar-refractivity contribution in [1.29, 1.82) is 0 Å². The smallest absolute Gasteiger partial charge is 0.275 e. The average molecular weight is 390 g/mol. The van der Waals surface area contributed by atoms with Crippen LogP contribution in [0.25, 0.3) is 17.1 Å². The number of aromatic nitrogens is 4. The fourth-order valence-electron chi connectivity index (χ4n) is 3.00. The van der Waals surface area contributed by atoms with E-state index in [2.05, 4.69) is 15.1 Å². The van der Waals surface area contributed by atoms with E-state index in [1.54, 1.807) is 35.4 Å². The van der Waals surface area contributed by atoms with Crippen LogP contribution in [0.15, 0.2) is 48.9 Å². The normalized spacial score (nSPS) is 14.4. The number of likely N-dealkylation sites (N-methyl/N-ethyl adjacent to an activating group) is 1. The largest absolute Gasteiger partial charge is 0.319 e. The monoisotopic (exact) mass is 390 g/mol. The standard InChI is InChI=1S/C20H18N6O3/c1-13-5-6-15(22-9-13)17-8-16(23-26(17)14-4-3-7-21-10-14)20(29)25-11-18(27)24(2)19(28)12-25/h3-10H,11-12H2,1-2H3. The molecule has 0 radical (unpaired) electrons. The molecular weight excluding hydrogens is 372 g/mol. The highest BCUT2D eigenvalue weighted by molar-refractivity contribution is 6.05. The number of carbonyl (C=O) groups is 3.